The number of unbranched alkanes of at least 4 members (excludes halogenated alkanes) is 2. The Morgan fingerprint density at radius 1 is 0.862 bits per heavy atom. The predicted octanol–water partition coefficient (Wildman–Crippen LogP) is 6.23. The van der Waals surface area contributed by atoms with Crippen molar-refractivity contribution < 1.29 is 14.3 Å². The largest absolute Gasteiger partial charge is 0.494 e. The smallest absolute Gasteiger partial charge is 0.343 e. The summed E-state index contributed by atoms with van der Waals surface area (Å²) in [5, 5.41) is 0. The Hall–Kier alpha value is -3.40. The standard InChI is InChI=1S/C25H25NO3/c1-2-3-7-18-28-23-14-10-21(11-15-23)25(27)29-24-16-12-22(13-17-24)26-19-20-8-5-4-6-9-20/h4-6,8-17,19H,2-3,7,18H2,1H3. The van der Waals surface area contributed by atoms with Crippen LogP contribution in [0.25, 0.3) is 0 Å². The van der Waals surface area contributed by atoms with Crippen LogP contribution in [0.3, 0.4) is 0 Å². The topological polar surface area (TPSA) is 47.9 Å². The Morgan fingerprint density at radius 3 is 2.24 bits per heavy atom. The van der Waals surface area contributed by atoms with Crippen LogP contribution in [0.4, 0.5) is 5.69 Å². The second-order valence-electron chi connectivity index (χ2n) is 6.63. The molecule has 0 spiro atoms. The summed E-state index contributed by atoms with van der Waals surface area (Å²) in [5.41, 5.74) is 2.30. The van der Waals surface area contributed by atoms with E-state index in [1.165, 1.54) is 0 Å². The van der Waals surface area contributed by atoms with Gasteiger partial charge in [-0.3, -0.25) is 4.99 Å². The molecule has 0 bridgehead atoms. The van der Waals surface area contributed by atoms with E-state index in [4.69, 9.17) is 9.47 Å². The van der Waals surface area contributed by atoms with Crippen molar-refractivity contribution in [2.75, 3.05) is 6.61 Å². The monoisotopic (exact) mass is 387 g/mol. The van der Waals surface area contributed by atoms with Crippen molar-refractivity contribution in [2.45, 2.75) is 26.2 Å². The summed E-state index contributed by atoms with van der Waals surface area (Å²) in [4.78, 5) is 16.7. The molecule has 29 heavy (non-hydrogen) atoms. The average Bonchev–Trinajstić information content (AvgIpc) is 2.77. The van der Waals surface area contributed by atoms with E-state index in [0.717, 1.165) is 36.3 Å². The van der Waals surface area contributed by atoms with Crippen LogP contribution in [0.1, 0.15) is 42.1 Å². The molecule has 0 heterocycles. The van der Waals surface area contributed by atoms with E-state index in [-0.39, 0.29) is 0 Å². The van der Waals surface area contributed by atoms with E-state index in [2.05, 4.69) is 11.9 Å². The minimum absolute atomic E-state index is 0.400. The van der Waals surface area contributed by atoms with Gasteiger partial charge < -0.3 is 9.47 Å². The molecule has 0 aliphatic heterocycles. The van der Waals surface area contributed by atoms with Crippen molar-refractivity contribution in [1.29, 1.82) is 0 Å². The van der Waals surface area contributed by atoms with E-state index in [9.17, 15) is 4.79 Å². The highest BCUT2D eigenvalue weighted by molar-refractivity contribution is 5.91. The summed E-state index contributed by atoms with van der Waals surface area (Å²) >= 11 is 0. The first kappa shape index (κ1) is 20.3. The number of benzene rings is 3. The summed E-state index contributed by atoms with van der Waals surface area (Å²) in [6.07, 6.45) is 5.15. The van der Waals surface area contributed by atoms with Crippen molar-refractivity contribution in [3.8, 4) is 11.5 Å². The molecular weight excluding hydrogens is 362 g/mol. The van der Waals surface area contributed by atoms with Crippen LogP contribution in [0.5, 0.6) is 11.5 Å². The van der Waals surface area contributed by atoms with Gasteiger partial charge in [-0.2, -0.15) is 0 Å². The van der Waals surface area contributed by atoms with E-state index in [1.54, 1.807) is 42.6 Å². The van der Waals surface area contributed by atoms with Crippen molar-refractivity contribution in [3.63, 3.8) is 0 Å². The molecule has 0 aromatic heterocycles. The minimum Gasteiger partial charge on any atom is -0.494 e. The second-order valence-corrected chi connectivity index (χ2v) is 6.63. The Kier molecular flexibility index (Phi) is 7.58. The van der Waals surface area contributed by atoms with Crippen molar-refractivity contribution in [3.05, 3.63) is 90.0 Å². The number of carbonyl (C=O) groups is 1. The van der Waals surface area contributed by atoms with Crippen LogP contribution in [-0.2, 0) is 0 Å². The predicted molar refractivity (Wildman–Crippen MR) is 117 cm³/mol. The molecule has 0 radical (unpaired) electrons. The quantitative estimate of drug-likeness (QED) is 0.189. The van der Waals surface area contributed by atoms with Crippen molar-refractivity contribution in [2.24, 2.45) is 4.99 Å². The molecule has 4 heteroatoms. The number of hydrogen-bond acceptors (Lipinski definition) is 4. The Balaban J connectivity index is 1.53. The van der Waals surface area contributed by atoms with Gasteiger partial charge in [0.25, 0.3) is 0 Å². The van der Waals surface area contributed by atoms with E-state index >= 15 is 0 Å². The van der Waals surface area contributed by atoms with Crippen LogP contribution in [0.15, 0.2) is 83.9 Å². The highest BCUT2D eigenvalue weighted by atomic mass is 16.5. The van der Waals surface area contributed by atoms with Gasteiger partial charge in [-0.05, 0) is 60.5 Å². The van der Waals surface area contributed by atoms with Gasteiger partial charge in [0, 0.05) is 6.21 Å². The third kappa shape index (κ3) is 6.61. The molecule has 0 unspecified atom stereocenters. The van der Waals surface area contributed by atoms with Crippen LogP contribution in [0.2, 0.25) is 0 Å². The molecule has 148 valence electrons. The fourth-order valence-electron chi connectivity index (χ4n) is 2.68. The zero-order valence-electron chi connectivity index (χ0n) is 16.6. The average molecular weight is 387 g/mol. The Morgan fingerprint density at radius 2 is 1.55 bits per heavy atom. The SMILES string of the molecule is CCCCCOc1ccc(C(=O)Oc2ccc(N=Cc3ccccc3)cc2)cc1. The summed E-state index contributed by atoms with van der Waals surface area (Å²) in [6.45, 7) is 2.85. The summed E-state index contributed by atoms with van der Waals surface area (Å²) in [7, 11) is 0. The first-order valence-corrected chi connectivity index (χ1v) is 9.89. The first-order chi connectivity index (χ1) is 14.2. The zero-order valence-corrected chi connectivity index (χ0v) is 16.6. The van der Waals surface area contributed by atoms with E-state index < -0.39 is 5.97 Å². The number of nitrogens with zero attached hydrogens (tertiary/aromatic N) is 1. The highest BCUT2D eigenvalue weighted by Gasteiger charge is 2.09. The van der Waals surface area contributed by atoms with Gasteiger partial charge in [-0.1, -0.05) is 50.1 Å². The molecule has 0 aliphatic rings. The number of aliphatic imine (C=N–C) groups is 1. The van der Waals surface area contributed by atoms with Gasteiger partial charge in [0.05, 0.1) is 17.9 Å². The molecule has 0 saturated heterocycles. The maximum absolute atomic E-state index is 12.3. The molecule has 3 aromatic rings. The van der Waals surface area contributed by atoms with Gasteiger partial charge in [0.1, 0.15) is 11.5 Å². The lowest BCUT2D eigenvalue weighted by Crippen LogP contribution is -2.08. The molecule has 0 atom stereocenters. The molecule has 0 saturated carbocycles. The number of esters is 1. The molecule has 0 fully saturated rings. The lowest BCUT2D eigenvalue weighted by molar-refractivity contribution is 0.0734. The van der Waals surface area contributed by atoms with Gasteiger partial charge in [0.2, 0.25) is 0 Å². The molecule has 4 nitrogen and oxygen atoms in total. The molecule has 3 aromatic carbocycles. The van der Waals surface area contributed by atoms with Gasteiger partial charge in [-0.15, -0.1) is 0 Å². The fourth-order valence-corrected chi connectivity index (χ4v) is 2.68. The third-order valence-electron chi connectivity index (χ3n) is 4.32. The first-order valence-electron chi connectivity index (χ1n) is 9.89. The van der Waals surface area contributed by atoms with Gasteiger partial charge >= 0.3 is 5.97 Å². The zero-order chi connectivity index (χ0) is 20.3. The summed E-state index contributed by atoms with van der Waals surface area (Å²) < 4.78 is 11.1. The molecule has 0 aliphatic carbocycles. The molecule has 0 amide bonds. The van der Waals surface area contributed by atoms with Gasteiger partial charge in [0.15, 0.2) is 0 Å². The maximum Gasteiger partial charge on any atom is 0.343 e. The lowest BCUT2D eigenvalue weighted by atomic mass is 10.2. The van der Waals surface area contributed by atoms with Crippen LogP contribution < -0.4 is 9.47 Å². The number of carbonyl (C=O) groups excluding carboxylic acids is 1. The normalized spacial score (nSPS) is 10.8. The Labute approximate surface area is 171 Å². The molecular formula is C25H25NO3. The van der Waals surface area contributed by atoms with Crippen LogP contribution >= 0.6 is 0 Å². The highest BCUT2D eigenvalue weighted by Crippen LogP contribution is 2.20. The lowest BCUT2D eigenvalue weighted by Gasteiger charge is -2.07. The Bertz CT molecular complexity index is 917. The maximum atomic E-state index is 12.3. The molecule has 3 rings (SSSR count). The van der Waals surface area contributed by atoms with Gasteiger partial charge in [-0.25, -0.2) is 4.79 Å². The van der Waals surface area contributed by atoms with Crippen molar-refractivity contribution in [1.82, 2.24) is 0 Å². The van der Waals surface area contributed by atoms with Crippen molar-refractivity contribution >= 4 is 17.9 Å². The summed E-state index contributed by atoms with van der Waals surface area (Å²) in [6, 6.07) is 24.0. The minimum atomic E-state index is -0.400. The number of ether oxygens (including phenoxy) is 2. The number of rotatable bonds is 9. The second kappa shape index (κ2) is 10.8. The van der Waals surface area contributed by atoms with E-state index in [0.29, 0.717) is 17.9 Å². The number of hydrogen-bond donors (Lipinski definition) is 0. The van der Waals surface area contributed by atoms with Crippen LogP contribution in [0, 0.1) is 0 Å². The van der Waals surface area contributed by atoms with E-state index in [1.807, 2.05) is 42.5 Å². The van der Waals surface area contributed by atoms with Crippen LogP contribution in [-0.4, -0.2) is 18.8 Å². The fraction of sp³-hybridized carbons (Fsp3) is 0.200. The molecule has 0 N–H and O–H groups in total. The third-order valence-corrected chi connectivity index (χ3v) is 4.32. The summed E-state index contributed by atoms with van der Waals surface area (Å²) in [5.74, 6) is 0.843.